The third-order valence-corrected chi connectivity index (χ3v) is 4.58. The molecule has 2 rings (SSSR count). The number of carbonyl (C=O) groups is 1. The first-order valence-electron chi connectivity index (χ1n) is 6.23. The van der Waals surface area contributed by atoms with Crippen LogP contribution in [0.2, 0.25) is 0 Å². The monoisotopic (exact) mass is 329 g/mol. The quantitative estimate of drug-likeness (QED) is 0.771. The van der Waals surface area contributed by atoms with Gasteiger partial charge in [0, 0.05) is 29.0 Å². The van der Waals surface area contributed by atoms with Crippen molar-refractivity contribution in [2.75, 3.05) is 19.0 Å². The minimum atomic E-state index is 0.132. The van der Waals surface area contributed by atoms with Crippen molar-refractivity contribution < 1.29 is 4.79 Å². The summed E-state index contributed by atoms with van der Waals surface area (Å²) in [6.45, 7) is 3.72. The molecule has 0 radical (unpaired) electrons. The van der Waals surface area contributed by atoms with Crippen molar-refractivity contribution >= 4 is 33.4 Å². The van der Waals surface area contributed by atoms with Crippen molar-refractivity contribution in [3.63, 3.8) is 0 Å². The molecule has 1 amide bonds. The Balaban J connectivity index is 2.05. The second-order valence-corrected chi connectivity index (χ2v) is 6.08. The van der Waals surface area contributed by atoms with E-state index >= 15 is 0 Å². The number of alkyl halides is 1. The summed E-state index contributed by atoms with van der Waals surface area (Å²) >= 11 is 9.23. The first-order chi connectivity index (χ1) is 8.61. The van der Waals surface area contributed by atoms with E-state index in [2.05, 4.69) is 15.9 Å². The molecule has 0 spiro atoms. The van der Waals surface area contributed by atoms with Gasteiger partial charge < -0.3 is 4.90 Å². The largest absolute Gasteiger partial charge is 0.338 e. The highest BCUT2D eigenvalue weighted by atomic mass is 79.9. The Morgan fingerprint density at radius 2 is 2.33 bits per heavy atom. The summed E-state index contributed by atoms with van der Waals surface area (Å²) < 4.78 is 0.991. The van der Waals surface area contributed by atoms with Gasteiger partial charge in [0.1, 0.15) is 0 Å². The number of likely N-dealkylation sites (tertiary alicyclic amines) is 1. The molecule has 4 heteroatoms. The molecular formula is C14H17BrClNO. The first-order valence-corrected chi connectivity index (χ1v) is 7.56. The van der Waals surface area contributed by atoms with Crippen molar-refractivity contribution in [1.29, 1.82) is 0 Å². The van der Waals surface area contributed by atoms with Gasteiger partial charge in [0.15, 0.2) is 0 Å². The molecule has 2 nitrogen and oxygen atoms in total. The lowest BCUT2D eigenvalue weighted by molar-refractivity contribution is 0.0787. The first kappa shape index (κ1) is 13.9. The van der Waals surface area contributed by atoms with Gasteiger partial charge in [-0.15, -0.1) is 11.6 Å². The van der Waals surface area contributed by atoms with E-state index in [1.54, 1.807) is 0 Å². The average molecular weight is 331 g/mol. The van der Waals surface area contributed by atoms with Crippen LogP contribution in [0.15, 0.2) is 22.7 Å². The molecule has 1 aliphatic heterocycles. The molecule has 18 heavy (non-hydrogen) atoms. The predicted octanol–water partition coefficient (Wildman–Crippen LogP) is 3.85. The van der Waals surface area contributed by atoms with Crippen LogP contribution >= 0.6 is 27.5 Å². The molecule has 1 unspecified atom stereocenters. The van der Waals surface area contributed by atoms with Crippen LogP contribution in [-0.2, 0) is 0 Å². The molecule has 1 heterocycles. The maximum atomic E-state index is 12.3. The third-order valence-electron chi connectivity index (χ3n) is 3.51. The lowest BCUT2D eigenvalue weighted by Gasteiger charge is -2.17. The van der Waals surface area contributed by atoms with E-state index in [9.17, 15) is 4.79 Å². The molecule has 1 aromatic rings. The van der Waals surface area contributed by atoms with Crippen LogP contribution in [0, 0.1) is 12.8 Å². The van der Waals surface area contributed by atoms with Gasteiger partial charge in [0.25, 0.3) is 5.91 Å². The van der Waals surface area contributed by atoms with Gasteiger partial charge in [-0.3, -0.25) is 4.79 Å². The number of benzene rings is 1. The number of carbonyl (C=O) groups excluding carboxylic acids is 1. The molecule has 0 bridgehead atoms. The van der Waals surface area contributed by atoms with Crippen molar-refractivity contribution in [2.24, 2.45) is 5.92 Å². The van der Waals surface area contributed by atoms with E-state index < -0.39 is 0 Å². The van der Waals surface area contributed by atoms with Crippen LogP contribution in [0.4, 0.5) is 0 Å². The highest BCUT2D eigenvalue weighted by Crippen LogP contribution is 2.24. The minimum absolute atomic E-state index is 0.132. The van der Waals surface area contributed by atoms with Crippen LogP contribution in [0.3, 0.4) is 0 Å². The summed E-state index contributed by atoms with van der Waals surface area (Å²) in [4.78, 5) is 14.3. The van der Waals surface area contributed by atoms with E-state index in [0.29, 0.717) is 11.8 Å². The number of nitrogens with zero attached hydrogens (tertiary/aromatic N) is 1. The Bertz CT molecular complexity index is 449. The number of amides is 1. The second-order valence-electron chi connectivity index (χ2n) is 4.85. The van der Waals surface area contributed by atoms with Gasteiger partial charge in [0.05, 0.1) is 0 Å². The van der Waals surface area contributed by atoms with Gasteiger partial charge in [-0.1, -0.05) is 22.0 Å². The summed E-state index contributed by atoms with van der Waals surface area (Å²) in [5, 5.41) is 0. The van der Waals surface area contributed by atoms with Gasteiger partial charge in [0.2, 0.25) is 0 Å². The standard InChI is InChI=1S/C14H17BrClNO/c1-10-2-3-12(8-13(10)15)14(18)17-7-5-11(9-17)4-6-16/h2-3,8,11H,4-7,9H2,1H3. The zero-order valence-corrected chi connectivity index (χ0v) is 12.8. The lowest BCUT2D eigenvalue weighted by atomic mass is 10.1. The molecule has 0 saturated carbocycles. The summed E-state index contributed by atoms with van der Waals surface area (Å²) in [5.41, 5.74) is 1.91. The Morgan fingerprint density at radius 1 is 1.56 bits per heavy atom. The Labute approximate surface area is 121 Å². The molecule has 1 atom stereocenters. The fourth-order valence-corrected chi connectivity index (χ4v) is 3.00. The van der Waals surface area contributed by atoms with Crippen LogP contribution in [0.5, 0.6) is 0 Å². The minimum Gasteiger partial charge on any atom is -0.338 e. The molecule has 0 aliphatic carbocycles. The molecule has 1 aromatic carbocycles. The maximum Gasteiger partial charge on any atom is 0.253 e. The number of aryl methyl sites for hydroxylation is 1. The van der Waals surface area contributed by atoms with Gasteiger partial charge in [-0.05, 0) is 43.4 Å². The third kappa shape index (κ3) is 3.07. The molecule has 0 N–H and O–H groups in total. The number of rotatable bonds is 3. The summed E-state index contributed by atoms with van der Waals surface area (Å²) in [6.07, 6.45) is 2.08. The van der Waals surface area contributed by atoms with Gasteiger partial charge in [-0.2, -0.15) is 0 Å². The molecule has 0 aromatic heterocycles. The highest BCUT2D eigenvalue weighted by Gasteiger charge is 2.26. The Hall–Kier alpha value is -0.540. The lowest BCUT2D eigenvalue weighted by Crippen LogP contribution is -2.28. The van der Waals surface area contributed by atoms with E-state index in [1.807, 2.05) is 30.0 Å². The van der Waals surface area contributed by atoms with Crippen LogP contribution < -0.4 is 0 Å². The zero-order chi connectivity index (χ0) is 13.1. The average Bonchev–Trinajstić information content (AvgIpc) is 2.81. The molecule has 98 valence electrons. The fraction of sp³-hybridized carbons (Fsp3) is 0.500. The fourth-order valence-electron chi connectivity index (χ4n) is 2.32. The van der Waals surface area contributed by atoms with Crippen molar-refractivity contribution in [2.45, 2.75) is 19.8 Å². The van der Waals surface area contributed by atoms with Gasteiger partial charge >= 0.3 is 0 Å². The predicted molar refractivity (Wildman–Crippen MR) is 78.2 cm³/mol. The topological polar surface area (TPSA) is 20.3 Å². The smallest absolute Gasteiger partial charge is 0.253 e. The normalized spacial score (nSPS) is 19.3. The van der Waals surface area contributed by atoms with Crippen molar-refractivity contribution in [3.05, 3.63) is 33.8 Å². The maximum absolute atomic E-state index is 12.3. The van der Waals surface area contributed by atoms with Crippen molar-refractivity contribution in [3.8, 4) is 0 Å². The number of halogens is 2. The van der Waals surface area contributed by atoms with E-state index in [-0.39, 0.29) is 5.91 Å². The highest BCUT2D eigenvalue weighted by molar-refractivity contribution is 9.10. The SMILES string of the molecule is Cc1ccc(C(=O)N2CCC(CCCl)C2)cc1Br. The molecule has 1 aliphatic rings. The zero-order valence-electron chi connectivity index (χ0n) is 10.5. The summed E-state index contributed by atoms with van der Waals surface area (Å²) in [5.74, 6) is 1.39. The Kier molecular flexibility index (Phi) is 4.68. The second kappa shape index (κ2) is 6.07. The molecular weight excluding hydrogens is 314 g/mol. The summed E-state index contributed by atoms with van der Waals surface area (Å²) in [6, 6.07) is 5.79. The molecule has 1 fully saturated rings. The number of hydrogen-bond donors (Lipinski definition) is 0. The van der Waals surface area contributed by atoms with E-state index in [1.165, 1.54) is 0 Å². The van der Waals surface area contributed by atoms with Gasteiger partial charge in [-0.25, -0.2) is 0 Å². The van der Waals surface area contributed by atoms with E-state index in [4.69, 9.17) is 11.6 Å². The number of hydrogen-bond acceptors (Lipinski definition) is 1. The summed E-state index contributed by atoms with van der Waals surface area (Å²) in [7, 11) is 0. The van der Waals surface area contributed by atoms with Crippen molar-refractivity contribution in [1.82, 2.24) is 4.90 Å². The Morgan fingerprint density at radius 3 is 3.00 bits per heavy atom. The van der Waals surface area contributed by atoms with E-state index in [0.717, 1.165) is 41.5 Å². The van der Waals surface area contributed by atoms with Crippen LogP contribution in [-0.4, -0.2) is 29.8 Å². The van der Waals surface area contributed by atoms with Crippen LogP contribution in [0.1, 0.15) is 28.8 Å². The van der Waals surface area contributed by atoms with Crippen LogP contribution in [0.25, 0.3) is 0 Å². The molecule has 1 saturated heterocycles.